The molecule has 4 rings (SSSR count). The lowest BCUT2D eigenvalue weighted by Gasteiger charge is -2.31. The highest BCUT2D eigenvalue weighted by atomic mass is 31.2. The van der Waals surface area contributed by atoms with Crippen LogP contribution in [0, 0.1) is 0 Å². The quantitative estimate of drug-likeness (QED) is 0.434. The second kappa shape index (κ2) is 10.3. The number of rotatable bonds is 9. The van der Waals surface area contributed by atoms with Gasteiger partial charge in [-0.15, -0.1) is 0 Å². The number of para-hydroxylation sites is 3. The Balaban J connectivity index is 1.40. The van der Waals surface area contributed by atoms with Crippen LogP contribution >= 0.6 is 8.45 Å². The van der Waals surface area contributed by atoms with Gasteiger partial charge in [0.15, 0.2) is 0 Å². The van der Waals surface area contributed by atoms with Gasteiger partial charge >= 0.3 is 0 Å². The third kappa shape index (κ3) is 5.38. The normalized spacial score (nSPS) is 14.0. The lowest BCUT2D eigenvalue weighted by atomic mass is 10.3. The largest absolute Gasteiger partial charge is 0.359 e. The van der Waals surface area contributed by atoms with Gasteiger partial charge in [0.05, 0.1) is 12.4 Å². The molecule has 0 amide bonds. The molecule has 0 saturated carbocycles. The summed E-state index contributed by atoms with van der Waals surface area (Å²) in [6.45, 7) is 7.43. The van der Waals surface area contributed by atoms with Crippen molar-refractivity contribution in [2.24, 2.45) is 0 Å². The third-order valence-electron chi connectivity index (χ3n) is 5.20. The molecule has 0 aromatic heterocycles. The fourth-order valence-corrected chi connectivity index (χ4v) is 5.43. The summed E-state index contributed by atoms with van der Waals surface area (Å²) in [6.07, 6.45) is 0. The fourth-order valence-electron chi connectivity index (χ4n) is 3.46. The van der Waals surface area contributed by atoms with Crippen molar-refractivity contribution in [1.82, 2.24) is 4.90 Å². The molecule has 1 fully saturated rings. The van der Waals surface area contributed by atoms with Gasteiger partial charge in [-0.25, -0.2) is 0 Å². The van der Waals surface area contributed by atoms with Gasteiger partial charge in [-0.05, 0) is 36.4 Å². The van der Waals surface area contributed by atoms with Crippen molar-refractivity contribution >= 4 is 25.5 Å². The minimum Gasteiger partial charge on any atom is -0.359 e. The number of benzene rings is 3. The molecule has 3 aromatic rings. The van der Waals surface area contributed by atoms with Crippen LogP contribution in [-0.2, 0) is 4.52 Å². The predicted molar refractivity (Wildman–Crippen MR) is 132 cm³/mol. The van der Waals surface area contributed by atoms with E-state index in [1.54, 1.807) is 0 Å². The highest BCUT2D eigenvalue weighted by Gasteiger charge is 2.34. The first-order valence-electron chi connectivity index (χ1n) is 10.5. The first-order valence-corrected chi connectivity index (χ1v) is 11.7. The highest BCUT2D eigenvalue weighted by molar-refractivity contribution is 7.56. The van der Waals surface area contributed by atoms with E-state index < -0.39 is 8.45 Å². The standard InChI is InChI=1S/C25H29N4OP/c1-22(26-23-12-6-3-7-13-23)27(2)20-21-30-31-28(24-14-8-4-9-15-24)18-19-29(31)25-16-10-5-11-17-25/h3-17,26H,1,18-21H2,2H3. The molecule has 1 saturated heterocycles. The molecule has 31 heavy (non-hydrogen) atoms. The molecule has 1 aliphatic heterocycles. The topological polar surface area (TPSA) is 31.0 Å². The monoisotopic (exact) mass is 432 g/mol. The van der Waals surface area contributed by atoms with Crippen molar-refractivity contribution in [2.45, 2.75) is 0 Å². The summed E-state index contributed by atoms with van der Waals surface area (Å²) in [4.78, 5) is 2.10. The number of hydrogen-bond donors (Lipinski definition) is 1. The van der Waals surface area contributed by atoms with Crippen LogP contribution in [0.5, 0.6) is 0 Å². The Kier molecular flexibility index (Phi) is 7.08. The summed E-state index contributed by atoms with van der Waals surface area (Å²) in [7, 11) is 1.10. The van der Waals surface area contributed by atoms with Gasteiger partial charge in [-0.3, -0.25) is 0 Å². The van der Waals surface area contributed by atoms with Crippen LogP contribution < -0.4 is 14.7 Å². The van der Waals surface area contributed by atoms with E-state index in [-0.39, 0.29) is 0 Å². The predicted octanol–water partition coefficient (Wildman–Crippen LogP) is 5.77. The number of likely N-dealkylation sites (N-methyl/N-ethyl adjacent to an activating group) is 1. The van der Waals surface area contributed by atoms with E-state index >= 15 is 0 Å². The van der Waals surface area contributed by atoms with E-state index in [0.717, 1.165) is 31.1 Å². The van der Waals surface area contributed by atoms with E-state index in [4.69, 9.17) is 4.52 Å². The zero-order chi connectivity index (χ0) is 21.5. The van der Waals surface area contributed by atoms with Crippen LogP contribution in [0.3, 0.4) is 0 Å². The van der Waals surface area contributed by atoms with Gasteiger partial charge < -0.3 is 24.1 Å². The Labute approximate surface area is 186 Å². The number of anilines is 3. The Hall–Kier alpha value is -3.01. The van der Waals surface area contributed by atoms with Crippen LogP contribution in [0.2, 0.25) is 0 Å². The maximum atomic E-state index is 6.51. The van der Waals surface area contributed by atoms with Crippen LogP contribution in [0.15, 0.2) is 103 Å². The zero-order valence-electron chi connectivity index (χ0n) is 17.9. The molecule has 6 heteroatoms. The molecule has 5 nitrogen and oxygen atoms in total. The molecule has 1 heterocycles. The van der Waals surface area contributed by atoms with Gasteiger partial charge in [0.2, 0.25) is 8.45 Å². The fraction of sp³-hybridized carbons (Fsp3) is 0.200. The molecule has 0 unspecified atom stereocenters. The third-order valence-corrected chi connectivity index (χ3v) is 7.30. The maximum Gasteiger partial charge on any atom is 0.248 e. The molecule has 160 valence electrons. The Morgan fingerprint density at radius 3 is 1.87 bits per heavy atom. The Bertz CT molecular complexity index is 908. The second-order valence-corrected chi connectivity index (χ2v) is 9.09. The molecule has 3 aromatic carbocycles. The molecule has 1 N–H and O–H groups in total. The van der Waals surface area contributed by atoms with Gasteiger partial charge in [-0.2, -0.15) is 0 Å². The summed E-state index contributed by atoms with van der Waals surface area (Å²) in [6, 6.07) is 31.2. The molecule has 0 radical (unpaired) electrons. The van der Waals surface area contributed by atoms with Crippen molar-refractivity contribution in [1.29, 1.82) is 0 Å². The van der Waals surface area contributed by atoms with Crippen molar-refractivity contribution in [3.05, 3.63) is 103 Å². The van der Waals surface area contributed by atoms with Crippen molar-refractivity contribution in [3.8, 4) is 0 Å². The number of nitrogens with zero attached hydrogens (tertiary/aromatic N) is 3. The summed E-state index contributed by atoms with van der Waals surface area (Å²) < 4.78 is 11.3. The lowest BCUT2D eigenvalue weighted by molar-refractivity contribution is 0.287. The SMILES string of the molecule is C=C(Nc1ccccc1)N(C)CCOP1N(c2ccccc2)CCN1c1ccccc1. The maximum absolute atomic E-state index is 6.51. The van der Waals surface area contributed by atoms with Crippen LogP contribution in [0.25, 0.3) is 0 Å². The van der Waals surface area contributed by atoms with E-state index in [0.29, 0.717) is 6.61 Å². The van der Waals surface area contributed by atoms with Gasteiger partial charge in [0.1, 0.15) is 0 Å². The number of nitrogens with one attached hydrogen (secondary N) is 1. The minimum absolute atomic E-state index is 0.615. The lowest BCUT2D eigenvalue weighted by Crippen LogP contribution is -2.27. The zero-order valence-corrected chi connectivity index (χ0v) is 18.8. The van der Waals surface area contributed by atoms with Crippen molar-refractivity contribution < 1.29 is 4.52 Å². The van der Waals surface area contributed by atoms with E-state index in [1.165, 1.54) is 11.4 Å². The van der Waals surface area contributed by atoms with Gasteiger partial charge in [0, 0.05) is 43.7 Å². The molecule has 0 spiro atoms. The van der Waals surface area contributed by atoms with E-state index in [1.807, 2.05) is 37.4 Å². The molecule has 0 bridgehead atoms. The van der Waals surface area contributed by atoms with Gasteiger partial charge in [0.25, 0.3) is 0 Å². The summed E-state index contributed by atoms with van der Waals surface area (Å²) in [5.74, 6) is 0.855. The Morgan fingerprint density at radius 1 is 0.871 bits per heavy atom. The molecule has 0 aliphatic carbocycles. The molecular weight excluding hydrogens is 403 g/mol. The molecule has 1 aliphatic rings. The Morgan fingerprint density at radius 2 is 1.35 bits per heavy atom. The first kappa shape index (κ1) is 21.2. The summed E-state index contributed by atoms with van der Waals surface area (Å²) in [5.41, 5.74) is 3.44. The number of hydrogen-bond acceptors (Lipinski definition) is 5. The van der Waals surface area contributed by atoms with E-state index in [9.17, 15) is 0 Å². The molecule has 0 atom stereocenters. The average Bonchev–Trinajstić information content (AvgIpc) is 3.24. The summed E-state index contributed by atoms with van der Waals surface area (Å²) in [5, 5.41) is 3.35. The first-order chi connectivity index (χ1) is 15.2. The smallest absolute Gasteiger partial charge is 0.248 e. The van der Waals surface area contributed by atoms with E-state index in [2.05, 4.69) is 86.8 Å². The highest BCUT2D eigenvalue weighted by Crippen LogP contribution is 2.53. The average molecular weight is 433 g/mol. The minimum atomic E-state index is -0.933. The van der Waals surface area contributed by atoms with Crippen molar-refractivity contribution in [3.63, 3.8) is 0 Å². The van der Waals surface area contributed by atoms with Crippen molar-refractivity contribution in [2.75, 3.05) is 47.9 Å². The van der Waals surface area contributed by atoms with Crippen LogP contribution in [0.4, 0.5) is 17.1 Å². The van der Waals surface area contributed by atoms with Crippen LogP contribution in [0.1, 0.15) is 0 Å². The van der Waals surface area contributed by atoms with Gasteiger partial charge in [-0.1, -0.05) is 61.2 Å². The van der Waals surface area contributed by atoms with Crippen LogP contribution in [-0.4, -0.2) is 38.2 Å². The second-order valence-electron chi connectivity index (χ2n) is 7.36. The summed E-state index contributed by atoms with van der Waals surface area (Å²) >= 11 is 0. The molecular formula is C25H29N4OP.